The lowest BCUT2D eigenvalue weighted by molar-refractivity contribution is 0.0947. The molecule has 0 aromatic heterocycles. The molecule has 192 valence electrons. The van der Waals surface area contributed by atoms with Crippen molar-refractivity contribution in [1.82, 2.24) is 9.62 Å². The molecule has 1 amide bonds. The zero-order valence-corrected chi connectivity index (χ0v) is 22.1. The summed E-state index contributed by atoms with van der Waals surface area (Å²) in [4.78, 5) is 12.8. The van der Waals surface area contributed by atoms with Gasteiger partial charge in [0, 0.05) is 26.7 Å². The van der Waals surface area contributed by atoms with Crippen LogP contribution in [-0.4, -0.2) is 61.3 Å². The van der Waals surface area contributed by atoms with E-state index in [1.165, 1.54) is 37.6 Å². The van der Waals surface area contributed by atoms with E-state index in [4.69, 9.17) is 4.74 Å². The van der Waals surface area contributed by atoms with Crippen molar-refractivity contribution in [2.24, 2.45) is 0 Å². The number of ether oxygens (including phenoxy) is 1. The fourth-order valence-electron chi connectivity index (χ4n) is 3.18. The molecule has 0 fully saturated rings. The summed E-state index contributed by atoms with van der Waals surface area (Å²) in [6.07, 6.45) is 0. The molecule has 0 saturated carbocycles. The Morgan fingerprint density at radius 2 is 1.31 bits per heavy atom. The molecule has 36 heavy (non-hydrogen) atoms. The fraction of sp³-hybridized carbons (Fsp3) is 0.240. The molecular formula is C25H29N3O6S2. The Bertz CT molecular complexity index is 1400. The highest BCUT2D eigenvalue weighted by molar-refractivity contribution is 7.92. The van der Waals surface area contributed by atoms with Crippen LogP contribution < -0.4 is 14.4 Å². The van der Waals surface area contributed by atoms with Gasteiger partial charge in [-0.15, -0.1) is 0 Å². The second-order valence-corrected chi connectivity index (χ2v) is 12.3. The summed E-state index contributed by atoms with van der Waals surface area (Å²) in [5, 5.41) is 2.73. The molecule has 11 heteroatoms. The van der Waals surface area contributed by atoms with Crippen LogP contribution in [0.4, 0.5) is 5.69 Å². The van der Waals surface area contributed by atoms with Gasteiger partial charge in [0.05, 0.1) is 22.0 Å². The lowest BCUT2D eigenvalue weighted by Gasteiger charge is -2.20. The number of carbonyl (C=O) groups excluding carboxylic acids is 1. The Morgan fingerprint density at radius 3 is 1.86 bits per heavy atom. The van der Waals surface area contributed by atoms with Gasteiger partial charge in [-0.1, -0.05) is 17.7 Å². The number of benzene rings is 3. The van der Waals surface area contributed by atoms with E-state index in [1.807, 2.05) is 6.92 Å². The van der Waals surface area contributed by atoms with Gasteiger partial charge in [-0.05, 0) is 67.6 Å². The predicted octanol–water partition coefficient (Wildman–Crippen LogP) is 2.88. The molecule has 0 radical (unpaired) electrons. The highest BCUT2D eigenvalue weighted by Gasteiger charge is 2.21. The van der Waals surface area contributed by atoms with E-state index in [-0.39, 0.29) is 28.8 Å². The molecule has 3 aromatic carbocycles. The summed E-state index contributed by atoms with van der Waals surface area (Å²) >= 11 is 0. The number of hydrogen-bond donors (Lipinski definition) is 1. The third-order valence-electron chi connectivity index (χ3n) is 5.43. The third kappa shape index (κ3) is 6.23. The van der Waals surface area contributed by atoms with Crippen molar-refractivity contribution in [3.8, 4) is 5.75 Å². The van der Waals surface area contributed by atoms with Crippen LogP contribution in [0, 0.1) is 6.92 Å². The van der Waals surface area contributed by atoms with E-state index in [0.717, 1.165) is 9.87 Å². The molecule has 0 aliphatic carbocycles. The smallest absolute Gasteiger partial charge is 0.264 e. The molecule has 0 saturated heterocycles. The number of hydrogen-bond acceptors (Lipinski definition) is 6. The van der Waals surface area contributed by atoms with Crippen LogP contribution in [0.1, 0.15) is 15.9 Å². The second-order valence-electron chi connectivity index (χ2n) is 8.20. The molecule has 9 nitrogen and oxygen atoms in total. The van der Waals surface area contributed by atoms with E-state index < -0.39 is 20.0 Å². The SMILES string of the molecule is Cc1ccc(S(=O)(=O)N(C)c2ccc(C(=O)NCCOc3ccc(S(=O)(=O)N(C)C)cc3)cc2)cc1. The van der Waals surface area contributed by atoms with Crippen molar-refractivity contribution in [2.45, 2.75) is 16.7 Å². The Hall–Kier alpha value is -3.41. The zero-order valence-electron chi connectivity index (χ0n) is 20.5. The van der Waals surface area contributed by atoms with Crippen LogP contribution >= 0.6 is 0 Å². The number of amides is 1. The third-order valence-corrected chi connectivity index (χ3v) is 9.06. The quantitative estimate of drug-likeness (QED) is 0.403. The molecule has 0 aliphatic rings. The standard InChI is InChI=1S/C25H29N3O6S2/c1-19-5-13-24(14-6-19)36(32,33)28(4)21-9-7-20(8-10-21)25(29)26-17-18-34-22-11-15-23(16-12-22)35(30,31)27(2)3/h5-16H,17-18H2,1-4H3,(H,26,29). The maximum atomic E-state index is 12.9. The van der Waals surface area contributed by atoms with Gasteiger partial charge in [-0.25, -0.2) is 21.1 Å². The molecule has 1 N–H and O–H groups in total. The van der Waals surface area contributed by atoms with E-state index in [2.05, 4.69) is 5.32 Å². The average molecular weight is 532 g/mol. The van der Waals surface area contributed by atoms with E-state index in [0.29, 0.717) is 17.0 Å². The molecule has 0 aliphatic heterocycles. The van der Waals surface area contributed by atoms with Gasteiger partial charge >= 0.3 is 0 Å². The van der Waals surface area contributed by atoms with E-state index >= 15 is 0 Å². The highest BCUT2D eigenvalue weighted by atomic mass is 32.2. The number of anilines is 1. The number of nitrogens with zero attached hydrogens (tertiary/aromatic N) is 2. The Balaban J connectivity index is 1.53. The van der Waals surface area contributed by atoms with Crippen molar-refractivity contribution in [2.75, 3.05) is 38.6 Å². The lowest BCUT2D eigenvalue weighted by Crippen LogP contribution is -2.28. The average Bonchev–Trinajstić information content (AvgIpc) is 2.86. The first kappa shape index (κ1) is 27.2. The molecule has 0 atom stereocenters. The molecule has 3 rings (SSSR count). The monoisotopic (exact) mass is 531 g/mol. The molecular weight excluding hydrogens is 502 g/mol. The van der Waals surface area contributed by atoms with Gasteiger partial charge in [0.1, 0.15) is 12.4 Å². The number of rotatable bonds is 10. The largest absolute Gasteiger partial charge is 0.492 e. The highest BCUT2D eigenvalue weighted by Crippen LogP contribution is 2.23. The summed E-state index contributed by atoms with van der Waals surface area (Å²) in [5.74, 6) is 0.144. The number of sulfonamides is 2. The summed E-state index contributed by atoms with van der Waals surface area (Å²) in [6, 6.07) is 18.9. The van der Waals surface area contributed by atoms with Crippen molar-refractivity contribution in [1.29, 1.82) is 0 Å². The zero-order chi connectivity index (χ0) is 26.5. The first-order valence-corrected chi connectivity index (χ1v) is 13.9. The molecule has 3 aromatic rings. The maximum absolute atomic E-state index is 12.9. The molecule has 0 heterocycles. The van der Waals surface area contributed by atoms with Gasteiger partial charge in [0.15, 0.2) is 0 Å². The molecule has 0 unspecified atom stereocenters. The summed E-state index contributed by atoms with van der Waals surface area (Å²) in [5.41, 5.74) is 1.76. The summed E-state index contributed by atoms with van der Waals surface area (Å²) < 4.78 is 57.8. The van der Waals surface area contributed by atoms with E-state index in [1.54, 1.807) is 60.7 Å². The van der Waals surface area contributed by atoms with Crippen LogP contribution in [0.5, 0.6) is 5.75 Å². The minimum absolute atomic E-state index is 0.161. The van der Waals surface area contributed by atoms with E-state index in [9.17, 15) is 21.6 Å². The van der Waals surface area contributed by atoms with Crippen LogP contribution in [0.2, 0.25) is 0 Å². The van der Waals surface area contributed by atoms with Gasteiger partial charge in [-0.2, -0.15) is 0 Å². The van der Waals surface area contributed by atoms with Crippen molar-refractivity contribution in [3.63, 3.8) is 0 Å². The summed E-state index contributed by atoms with van der Waals surface area (Å²) in [6.45, 7) is 2.29. The van der Waals surface area contributed by atoms with Gasteiger partial charge < -0.3 is 10.1 Å². The predicted molar refractivity (Wildman–Crippen MR) is 138 cm³/mol. The van der Waals surface area contributed by atoms with Gasteiger partial charge in [-0.3, -0.25) is 9.10 Å². The lowest BCUT2D eigenvalue weighted by atomic mass is 10.2. The Labute approximate surface area is 212 Å². The van der Waals surface area contributed by atoms with Gasteiger partial charge in [0.25, 0.3) is 15.9 Å². The maximum Gasteiger partial charge on any atom is 0.264 e. The first-order chi connectivity index (χ1) is 16.9. The number of carbonyl (C=O) groups is 1. The topological polar surface area (TPSA) is 113 Å². The molecule has 0 spiro atoms. The fourth-order valence-corrected chi connectivity index (χ4v) is 5.28. The number of aryl methyl sites for hydroxylation is 1. The van der Waals surface area contributed by atoms with Crippen LogP contribution in [-0.2, 0) is 20.0 Å². The Kier molecular flexibility index (Phi) is 8.39. The minimum Gasteiger partial charge on any atom is -0.492 e. The normalized spacial score (nSPS) is 11.8. The van der Waals surface area contributed by atoms with Crippen molar-refractivity contribution in [3.05, 3.63) is 83.9 Å². The van der Waals surface area contributed by atoms with Gasteiger partial charge in [0.2, 0.25) is 10.0 Å². The van der Waals surface area contributed by atoms with Crippen LogP contribution in [0.15, 0.2) is 82.6 Å². The van der Waals surface area contributed by atoms with Crippen molar-refractivity contribution < 1.29 is 26.4 Å². The molecule has 0 bridgehead atoms. The first-order valence-electron chi connectivity index (χ1n) is 11.0. The van der Waals surface area contributed by atoms with Crippen LogP contribution in [0.25, 0.3) is 0 Å². The second kappa shape index (κ2) is 11.1. The summed E-state index contributed by atoms with van der Waals surface area (Å²) in [7, 11) is -2.85. The minimum atomic E-state index is -3.72. The van der Waals surface area contributed by atoms with Crippen molar-refractivity contribution >= 4 is 31.6 Å². The Morgan fingerprint density at radius 1 is 0.778 bits per heavy atom. The van der Waals surface area contributed by atoms with Crippen LogP contribution in [0.3, 0.4) is 0 Å². The number of nitrogens with one attached hydrogen (secondary N) is 1.